The molecule has 0 aliphatic heterocycles. The SMILES string of the molecule is CN=C(NCCCc1nc(C(C)C)no1)NCCCn1cccn1.I. The van der Waals surface area contributed by atoms with Crippen LogP contribution in [0.5, 0.6) is 0 Å². The number of nitrogens with zero attached hydrogens (tertiary/aromatic N) is 5. The number of rotatable bonds is 9. The summed E-state index contributed by atoms with van der Waals surface area (Å²) in [4.78, 5) is 8.59. The Bertz CT molecular complexity index is 610. The van der Waals surface area contributed by atoms with Crippen molar-refractivity contribution in [2.75, 3.05) is 20.1 Å². The van der Waals surface area contributed by atoms with Crippen molar-refractivity contribution in [3.63, 3.8) is 0 Å². The molecule has 2 aromatic heterocycles. The fourth-order valence-corrected chi connectivity index (χ4v) is 2.15. The fraction of sp³-hybridized carbons (Fsp3) is 0.625. The molecule has 2 rings (SSSR count). The van der Waals surface area contributed by atoms with Gasteiger partial charge in [0.25, 0.3) is 0 Å². The Balaban J connectivity index is 0.00000312. The molecule has 0 aliphatic carbocycles. The molecule has 0 bridgehead atoms. The van der Waals surface area contributed by atoms with Gasteiger partial charge in [0.1, 0.15) is 0 Å². The molecule has 2 aromatic rings. The van der Waals surface area contributed by atoms with E-state index in [0.717, 1.165) is 50.7 Å². The van der Waals surface area contributed by atoms with Gasteiger partial charge in [-0.1, -0.05) is 19.0 Å². The minimum absolute atomic E-state index is 0. The van der Waals surface area contributed by atoms with Crippen molar-refractivity contribution in [1.29, 1.82) is 0 Å². The maximum atomic E-state index is 5.23. The molecule has 0 atom stereocenters. The molecule has 0 aliphatic rings. The number of hydrogen-bond donors (Lipinski definition) is 2. The van der Waals surface area contributed by atoms with E-state index in [0.29, 0.717) is 11.8 Å². The molecule has 0 aromatic carbocycles. The highest BCUT2D eigenvalue weighted by atomic mass is 127. The van der Waals surface area contributed by atoms with Crippen molar-refractivity contribution in [2.24, 2.45) is 4.99 Å². The van der Waals surface area contributed by atoms with E-state index >= 15 is 0 Å². The summed E-state index contributed by atoms with van der Waals surface area (Å²) in [6.45, 7) is 6.65. The zero-order chi connectivity index (χ0) is 17.2. The Morgan fingerprint density at radius 3 is 2.64 bits per heavy atom. The lowest BCUT2D eigenvalue weighted by atomic mass is 10.2. The van der Waals surface area contributed by atoms with Gasteiger partial charge in [0.2, 0.25) is 5.89 Å². The van der Waals surface area contributed by atoms with Gasteiger partial charge in [-0.05, 0) is 18.9 Å². The highest BCUT2D eigenvalue weighted by Gasteiger charge is 2.09. The van der Waals surface area contributed by atoms with E-state index in [-0.39, 0.29) is 24.0 Å². The van der Waals surface area contributed by atoms with E-state index in [1.807, 2.05) is 16.9 Å². The first kappa shape index (κ1) is 21.4. The highest BCUT2D eigenvalue weighted by molar-refractivity contribution is 14.0. The van der Waals surface area contributed by atoms with Crippen LogP contribution in [0, 0.1) is 0 Å². The largest absolute Gasteiger partial charge is 0.356 e. The zero-order valence-corrected chi connectivity index (χ0v) is 17.4. The lowest BCUT2D eigenvalue weighted by Crippen LogP contribution is -2.38. The van der Waals surface area contributed by atoms with Crippen LogP contribution in [0.1, 0.15) is 44.3 Å². The maximum absolute atomic E-state index is 5.23. The van der Waals surface area contributed by atoms with Crippen molar-refractivity contribution in [2.45, 2.75) is 45.6 Å². The molecule has 2 N–H and O–H groups in total. The number of nitrogens with one attached hydrogen (secondary N) is 2. The molecule has 140 valence electrons. The predicted octanol–water partition coefficient (Wildman–Crippen LogP) is 2.20. The maximum Gasteiger partial charge on any atom is 0.226 e. The summed E-state index contributed by atoms with van der Waals surface area (Å²) in [5.41, 5.74) is 0. The van der Waals surface area contributed by atoms with Crippen LogP contribution in [-0.2, 0) is 13.0 Å². The molecule has 0 fully saturated rings. The van der Waals surface area contributed by atoms with Crippen LogP contribution in [0.25, 0.3) is 0 Å². The molecular formula is C16H28IN7O. The third-order valence-electron chi connectivity index (χ3n) is 3.50. The number of aliphatic imine (C=N–C) groups is 1. The van der Waals surface area contributed by atoms with Gasteiger partial charge in [-0.2, -0.15) is 10.1 Å². The number of aromatic nitrogens is 4. The van der Waals surface area contributed by atoms with E-state index in [1.54, 1.807) is 13.2 Å². The molecule has 0 unspecified atom stereocenters. The summed E-state index contributed by atoms with van der Waals surface area (Å²) < 4.78 is 7.16. The topological polar surface area (TPSA) is 93.2 Å². The first-order valence-electron chi connectivity index (χ1n) is 8.43. The number of hydrogen-bond acceptors (Lipinski definition) is 5. The molecule has 9 heteroatoms. The highest BCUT2D eigenvalue weighted by Crippen LogP contribution is 2.10. The van der Waals surface area contributed by atoms with Crippen LogP contribution in [-0.4, -0.2) is 46.0 Å². The van der Waals surface area contributed by atoms with E-state index in [4.69, 9.17) is 4.52 Å². The summed E-state index contributed by atoms with van der Waals surface area (Å²) in [5, 5.41) is 14.7. The van der Waals surface area contributed by atoms with Gasteiger partial charge in [-0.15, -0.1) is 24.0 Å². The summed E-state index contributed by atoms with van der Waals surface area (Å²) in [5.74, 6) is 2.57. The summed E-state index contributed by atoms with van der Waals surface area (Å²) in [6, 6.07) is 1.93. The van der Waals surface area contributed by atoms with Crippen LogP contribution in [0.2, 0.25) is 0 Å². The lowest BCUT2D eigenvalue weighted by molar-refractivity contribution is 0.368. The van der Waals surface area contributed by atoms with Crippen LogP contribution in [0.3, 0.4) is 0 Å². The molecule has 0 spiro atoms. The van der Waals surface area contributed by atoms with E-state index in [9.17, 15) is 0 Å². The van der Waals surface area contributed by atoms with Crippen molar-refractivity contribution < 1.29 is 4.52 Å². The first-order chi connectivity index (χ1) is 11.7. The molecule has 0 saturated carbocycles. The second-order valence-corrected chi connectivity index (χ2v) is 5.85. The van der Waals surface area contributed by atoms with Crippen molar-refractivity contribution in [3.8, 4) is 0 Å². The predicted molar refractivity (Wildman–Crippen MR) is 108 cm³/mol. The monoisotopic (exact) mass is 461 g/mol. The van der Waals surface area contributed by atoms with Crippen molar-refractivity contribution in [1.82, 2.24) is 30.6 Å². The molecule has 8 nitrogen and oxygen atoms in total. The molecular weight excluding hydrogens is 433 g/mol. The Labute approximate surface area is 165 Å². The zero-order valence-electron chi connectivity index (χ0n) is 15.1. The van der Waals surface area contributed by atoms with Crippen LogP contribution >= 0.6 is 24.0 Å². The van der Waals surface area contributed by atoms with E-state index < -0.39 is 0 Å². The minimum Gasteiger partial charge on any atom is -0.356 e. The quantitative estimate of drug-likeness (QED) is 0.258. The van der Waals surface area contributed by atoms with Crippen LogP contribution in [0.15, 0.2) is 28.0 Å². The average molecular weight is 461 g/mol. The summed E-state index contributed by atoms with van der Waals surface area (Å²) >= 11 is 0. The molecule has 0 saturated heterocycles. The molecule has 2 heterocycles. The Hall–Kier alpha value is -1.65. The number of guanidine groups is 1. The van der Waals surface area contributed by atoms with Gasteiger partial charge in [-0.3, -0.25) is 9.67 Å². The van der Waals surface area contributed by atoms with Gasteiger partial charge in [0, 0.05) is 51.4 Å². The molecule has 0 amide bonds. The number of halogens is 1. The minimum atomic E-state index is 0. The second kappa shape index (κ2) is 11.8. The summed E-state index contributed by atoms with van der Waals surface area (Å²) in [7, 11) is 1.77. The summed E-state index contributed by atoms with van der Waals surface area (Å²) in [6.07, 6.45) is 6.43. The van der Waals surface area contributed by atoms with Gasteiger partial charge in [0.05, 0.1) is 0 Å². The average Bonchev–Trinajstić information content (AvgIpc) is 3.25. The van der Waals surface area contributed by atoms with Gasteiger partial charge in [-0.25, -0.2) is 0 Å². The van der Waals surface area contributed by atoms with Gasteiger partial charge >= 0.3 is 0 Å². The standard InChI is InChI=1S/C16H27N7O.HI/c1-13(2)15-21-14(24-22-15)7-4-8-18-16(17-3)19-9-5-11-23-12-6-10-20-23;/h6,10,12-13H,4-5,7-9,11H2,1-3H3,(H2,17,18,19);1H. The van der Waals surface area contributed by atoms with Crippen LogP contribution < -0.4 is 10.6 Å². The van der Waals surface area contributed by atoms with E-state index in [1.165, 1.54) is 0 Å². The third-order valence-corrected chi connectivity index (χ3v) is 3.50. The smallest absolute Gasteiger partial charge is 0.226 e. The van der Waals surface area contributed by atoms with Gasteiger partial charge < -0.3 is 15.2 Å². The van der Waals surface area contributed by atoms with E-state index in [2.05, 4.69) is 44.7 Å². The van der Waals surface area contributed by atoms with Gasteiger partial charge in [0.15, 0.2) is 11.8 Å². The first-order valence-corrected chi connectivity index (χ1v) is 8.43. The second-order valence-electron chi connectivity index (χ2n) is 5.85. The number of aryl methyl sites for hydroxylation is 2. The lowest BCUT2D eigenvalue weighted by Gasteiger charge is -2.11. The molecule has 0 radical (unpaired) electrons. The Kier molecular flexibility index (Phi) is 10.1. The van der Waals surface area contributed by atoms with Crippen molar-refractivity contribution in [3.05, 3.63) is 30.2 Å². The molecule has 25 heavy (non-hydrogen) atoms. The third kappa shape index (κ3) is 7.84. The van der Waals surface area contributed by atoms with Crippen molar-refractivity contribution >= 4 is 29.9 Å². The Morgan fingerprint density at radius 2 is 2.04 bits per heavy atom. The normalized spacial score (nSPS) is 11.4. The van der Waals surface area contributed by atoms with Crippen LogP contribution in [0.4, 0.5) is 0 Å². The Morgan fingerprint density at radius 1 is 1.28 bits per heavy atom. The fourth-order valence-electron chi connectivity index (χ4n) is 2.15.